The van der Waals surface area contributed by atoms with E-state index in [4.69, 9.17) is 10.5 Å². The second kappa shape index (κ2) is 5.07. The minimum absolute atomic E-state index is 0.266. The summed E-state index contributed by atoms with van der Waals surface area (Å²) in [6, 6.07) is 12.0. The number of ether oxygens (including phenoxy) is 1. The highest BCUT2D eigenvalue weighted by atomic mass is 16.5. The van der Waals surface area contributed by atoms with Gasteiger partial charge in [-0.05, 0) is 16.8 Å². The third-order valence-electron chi connectivity index (χ3n) is 2.97. The molecule has 0 radical (unpaired) electrons. The van der Waals surface area contributed by atoms with Gasteiger partial charge in [0.25, 0.3) is 0 Å². The zero-order valence-corrected chi connectivity index (χ0v) is 10.2. The number of nitrogens with two attached hydrogens (primary N) is 1. The van der Waals surface area contributed by atoms with Crippen LogP contribution < -0.4 is 10.5 Å². The van der Waals surface area contributed by atoms with E-state index in [9.17, 15) is 0 Å². The molecule has 0 aliphatic heterocycles. The molecule has 3 aromatic rings. The van der Waals surface area contributed by atoms with Crippen molar-refractivity contribution >= 4 is 10.8 Å². The number of rotatable bonds is 4. The Morgan fingerprint density at radius 1 is 1.16 bits per heavy atom. The Labute approximate surface area is 110 Å². The Bertz CT molecular complexity index is 680. The lowest BCUT2D eigenvalue weighted by atomic mass is 10.0. The quantitative estimate of drug-likeness (QED) is 0.774. The molecule has 2 N–H and O–H groups in total. The van der Waals surface area contributed by atoms with Gasteiger partial charge in [-0.25, -0.2) is 0 Å². The Morgan fingerprint density at radius 2 is 2.05 bits per heavy atom. The van der Waals surface area contributed by atoms with Crippen molar-refractivity contribution in [2.45, 2.75) is 13.2 Å². The molecule has 2 aromatic carbocycles. The van der Waals surface area contributed by atoms with Crippen molar-refractivity contribution in [2.75, 3.05) is 0 Å². The van der Waals surface area contributed by atoms with Gasteiger partial charge in [-0.15, -0.1) is 0 Å². The lowest BCUT2D eigenvalue weighted by Gasteiger charge is -2.11. The lowest BCUT2D eigenvalue weighted by molar-refractivity contribution is 0.284. The van der Waals surface area contributed by atoms with Crippen LogP contribution in [0.5, 0.6) is 5.75 Å². The summed E-state index contributed by atoms with van der Waals surface area (Å²) in [5.41, 5.74) is 6.82. The number of nitrogens with zero attached hydrogens (tertiary/aromatic N) is 2. The molecule has 3 rings (SSSR count). The van der Waals surface area contributed by atoms with Gasteiger partial charge in [-0.3, -0.25) is 0 Å². The minimum atomic E-state index is 0.266. The number of hydrogen-bond donors (Lipinski definition) is 1. The number of fused-ring (bicyclic) bond motifs is 1. The van der Waals surface area contributed by atoms with E-state index >= 15 is 0 Å². The summed E-state index contributed by atoms with van der Waals surface area (Å²) in [6.07, 6.45) is 1.28. The van der Waals surface area contributed by atoms with Crippen LogP contribution >= 0.6 is 0 Å². The summed E-state index contributed by atoms with van der Waals surface area (Å²) < 4.78 is 10.4. The molecule has 0 atom stereocenters. The van der Waals surface area contributed by atoms with Crippen LogP contribution in [0, 0.1) is 0 Å². The fourth-order valence-electron chi connectivity index (χ4n) is 2.06. The van der Waals surface area contributed by atoms with Crippen LogP contribution in [-0.2, 0) is 13.2 Å². The number of hydrogen-bond acceptors (Lipinski definition) is 5. The molecule has 0 saturated carbocycles. The van der Waals surface area contributed by atoms with Crippen molar-refractivity contribution in [3.63, 3.8) is 0 Å². The average molecular weight is 255 g/mol. The topological polar surface area (TPSA) is 74.2 Å². The summed E-state index contributed by atoms with van der Waals surface area (Å²) in [5.74, 6) is 1.27. The SMILES string of the molecule is NCc1c(OCc2ncon2)ccc2ccccc12. The standard InChI is InChI=1S/C14H13N3O2/c15-7-12-11-4-2-1-3-10(11)5-6-13(12)18-8-14-16-9-19-17-14/h1-6,9H,7-8,15H2. The summed E-state index contributed by atoms with van der Waals surface area (Å²) in [7, 11) is 0. The van der Waals surface area contributed by atoms with Gasteiger partial charge in [0, 0.05) is 12.1 Å². The maximum Gasteiger partial charge on any atom is 0.213 e. The smallest absolute Gasteiger partial charge is 0.213 e. The van der Waals surface area contributed by atoms with Gasteiger partial charge in [0.15, 0.2) is 6.61 Å². The van der Waals surface area contributed by atoms with E-state index in [-0.39, 0.29) is 6.61 Å². The van der Waals surface area contributed by atoms with Gasteiger partial charge >= 0.3 is 0 Å². The van der Waals surface area contributed by atoms with Gasteiger partial charge in [-0.1, -0.05) is 35.5 Å². The van der Waals surface area contributed by atoms with Crippen LogP contribution in [0.25, 0.3) is 10.8 Å². The van der Waals surface area contributed by atoms with Crippen molar-refractivity contribution in [1.82, 2.24) is 10.1 Å². The van der Waals surface area contributed by atoms with Crippen LogP contribution in [0.15, 0.2) is 47.3 Å². The first kappa shape index (κ1) is 11.7. The van der Waals surface area contributed by atoms with Crippen molar-refractivity contribution < 1.29 is 9.26 Å². The molecule has 19 heavy (non-hydrogen) atoms. The molecule has 96 valence electrons. The summed E-state index contributed by atoms with van der Waals surface area (Å²) in [4.78, 5) is 3.92. The largest absolute Gasteiger partial charge is 0.485 e. The maximum atomic E-state index is 5.84. The molecule has 1 aromatic heterocycles. The van der Waals surface area contributed by atoms with Crippen molar-refractivity contribution in [2.24, 2.45) is 5.73 Å². The van der Waals surface area contributed by atoms with Gasteiger partial charge in [0.2, 0.25) is 12.2 Å². The third-order valence-corrected chi connectivity index (χ3v) is 2.97. The summed E-state index contributed by atoms with van der Waals surface area (Å²) >= 11 is 0. The fourth-order valence-corrected chi connectivity index (χ4v) is 2.06. The van der Waals surface area contributed by atoms with E-state index < -0.39 is 0 Å². The van der Waals surface area contributed by atoms with Crippen LogP contribution in [0.2, 0.25) is 0 Å². The van der Waals surface area contributed by atoms with E-state index in [2.05, 4.69) is 20.7 Å². The molecule has 0 aliphatic carbocycles. The predicted octanol–water partition coefficient (Wildman–Crippen LogP) is 2.26. The molecule has 1 heterocycles. The molecule has 0 bridgehead atoms. The highest BCUT2D eigenvalue weighted by Crippen LogP contribution is 2.28. The number of aromatic nitrogens is 2. The van der Waals surface area contributed by atoms with Crippen molar-refractivity contribution in [1.29, 1.82) is 0 Å². The second-order valence-corrected chi connectivity index (χ2v) is 4.10. The maximum absolute atomic E-state index is 5.84. The summed E-state index contributed by atoms with van der Waals surface area (Å²) in [5, 5.41) is 5.96. The first-order chi connectivity index (χ1) is 9.38. The molecule has 5 heteroatoms. The molecule has 5 nitrogen and oxygen atoms in total. The fraction of sp³-hybridized carbons (Fsp3) is 0.143. The molecular weight excluding hydrogens is 242 g/mol. The molecule has 0 amide bonds. The lowest BCUT2D eigenvalue weighted by Crippen LogP contribution is -2.04. The van der Waals surface area contributed by atoms with Crippen molar-refractivity contribution in [3.05, 3.63) is 54.2 Å². The van der Waals surface area contributed by atoms with Gasteiger partial charge in [-0.2, -0.15) is 4.98 Å². The zero-order valence-electron chi connectivity index (χ0n) is 10.2. The molecule has 0 aliphatic rings. The molecule has 0 saturated heterocycles. The van der Waals surface area contributed by atoms with E-state index in [0.717, 1.165) is 22.1 Å². The van der Waals surface area contributed by atoms with Gasteiger partial charge < -0.3 is 15.0 Å². The molecule has 0 unspecified atom stereocenters. The van der Waals surface area contributed by atoms with E-state index in [0.29, 0.717) is 12.4 Å². The van der Waals surface area contributed by atoms with E-state index in [1.54, 1.807) is 0 Å². The Balaban J connectivity index is 1.94. The monoisotopic (exact) mass is 255 g/mol. The minimum Gasteiger partial charge on any atom is -0.485 e. The zero-order chi connectivity index (χ0) is 13.1. The first-order valence-corrected chi connectivity index (χ1v) is 5.97. The molecular formula is C14H13N3O2. The number of benzene rings is 2. The Hall–Kier alpha value is -2.40. The predicted molar refractivity (Wildman–Crippen MR) is 70.5 cm³/mol. The highest BCUT2D eigenvalue weighted by Gasteiger charge is 2.08. The highest BCUT2D eigenvalue weighted by molar-refractivity contribution is 5.87. The Morgan fingerprint density at radius 3 is 2.84 bits per heavy atom. The normalized spacial score (nSPS) is 10.8. The van der Waals surface area contributed by atoms with Gasteiger partial charge in [0.05, 0.1) is 0 Å². The molecule has 0 fully saturated rings. The molecule has 0 spiro atoms. The van der Waals surface area contributed by atoms with Gasteiger partial charge in [0.1, 0.15) is 5.75 Å². The third kappa shape index (κ3) is 2.28. The van der Waals surface area contributed by atoms with Crippen LogP contribution in [-0.4, -0.2) is 10.1 Å². The van der Waals surface area contributed by atoms with Crippen molar-refractivity contribution in [3.8, 4) is 5.75 Å². The first-order valence-electron chi connectivity index (χ1n) is 5.97. The average Bonchev–Trinajstić information content (AvgIpc) is 2.97. The summed E-state index contributed by atoms with van der Waals surface area (Å²) in [6.45, 7) is 0.685. The van der Waals surface area contributed by atoms with Crippen LogP contribution in [0.4, 0.5) is 0 Å². The van der Waals surface area contributed by atoms with Crippen LogP contribution in [0.1, 0.15) is 11.4 Å². The second-order valence-electron chi connectivity index (χ2n) is 4.10. The Kier molecular flexibility index (Phi) is 3.12. The van der Waals surface area contributed by atoms with Crippen LogP contribution in [0.3, 0.4) is 0 Å². The van der Waals surface area contributed by atoms with E-state index in [1.807, 2.05) is 30.3 Å². The van der Waals surface area contributed by atoms with E-state index in [1.165, 1.54) is 6.39 Å².